The summed E-state index contributed by atoms with van der Waals surface area (Å²) in [5.41, 5.74) is 2.14. The summed E-state index contributed by atoms with van der Waals surface area (Å²) in [6.07, 6.45) is 0. The third-order valence-corrected chi connectivity index (χ3v) is 4.10. The molecule has 0 spiro atoms. The van der Waals surface area contributed by atoms with Gasteiger partial charge < -0.3 is 10.1 Å². The summed E-state index contributed by atoms with van der Waals surface area (Å²) in [6, 6.07) is 15.2. The number of fused-ring (bicyclic) bond motifs is 1. The van der Waals surface area contributed by atoms with Crippen LogP contribution in [0.3, 0.4) is 0 Å². The molecule has 3 rings (SSSR count). The molecular weight excluding hydrogens is 265 g/mol. The normalized spacial score (nSPS) is 22.2. The van der Waals surface area contributed by atoms with Gasteiger partial charge in [-0.25, -0.2) is 4.39 Å². The summed E-state index contributed by atoms with van der Waals surface area (Å²) in [6.45, 7) is 4.94. The fourth-order valence-corrected chi connectivity index (χ4v) is 2.89. The molecule has 0 aliphatic carbocycles. The Hall–Kier alpha value is -1.87. The van der Waals surface area contributed by atoms with Gasteiger partial charge in [-0.3, -0.25) is 0 Å². The van der Waals surface area contributed by atoms with E-state index >= 15 is 0 Å². The molecule has 2 aromatic rings. The zero-order valence-corrected chi connectivity index (χ0v) is 12.3. The number of hydrogen-bond acceptors (Lipinski definition) is 2. The third-order valence-electron chi connectivity index (χ3n) is 4.10. The van der Waals surface area contributed by atoms with Gasteiger partial charge in [-0.05, 0) is 30.7 Å². The third kappa shape index (κ3) is 2.93. The van der Waals surface area contributed by atoms with E-state index in [1.807, 2.05) is 24.3 Å². The Kier molecular flexibility index (Phi) is 3.93. The lowest BCUT2D eigenvalue weighted by Crippen LogP contribution is -2.35. The summed E-state index contributed by atoms with van der Waals surface area (Å²) in [4.78, 5) is 0. The Morgan fingerprint density at radius 2 is 2.00 bits per heavy atom. The first-order chi connectivity index (χ1) is 10.1. The maximum atomic E-state index is 13.4. The van der Waals surface area contributed by atoms with Crippen molar-refractivity contribution in [1.29, 1.82) is 0 Å². The molecule has 0 amide bonds. The lowest BCUT2D eigenvalue weighted by Gasteiger charge is -2.34. The van der Waals surface area contributed by atoms with Crippen LogP contribution in [0.15, 0.2) is 48.5 Å². The van der Waals surface area contributed by atoms with Crippen LogP contribution in [0.5, 0.6) is 5.75 Å². The number of rotatable bonds is 3. The highest BCUT2D eigenvalue weighted by atomic mass is 19.1. The van der Waals surface area contributed by atoms with E-state index < -0.39 is 0 Å². The molecule has 3 heteroatoms. The zero-order chi connectivity index (χ0) is 14.8. The highest BCUT2D eigenvalue weighted by Crippen LogP contribution is 2.36. The standard InChI is InChI=1S/C18H20FNO/c1-12-11-21-17-9-4-3-8-16(17)18(12)20-13(2)14-6-5-7-15(19)10-14/h3-10,12-13,18,20H,11H2,1-2H3. The van der Waals surface area contributed by atoms with Crippen molar-refractivity contribution < 1.29 is 9.13 Å². The highest BCUT2D eigenvalue weighted by molar-refractivity contribution is 5.38. The van der Waals surface area contributed by atoms with Gasteiger partial charge in [0.1, 0.15) is 11.6 Å². The van der Waals surface area contributed by atoms with E-state index in [1.54, 1.807) is 12.1 Å². The van der Waals surface area contributed by atoms with Crippen molar-refractivity contribution >= 4 is 0 Å². The molecule has 1 aliphatic heterocycles. The Bertz CT molecular complexity index is 628. The number of benzene rings is 2. The Morgan fingerprint density at radius 3 is 2.81 bits per heavy atom. The van der Waals surface area contributed by atoms with Gasteiger partial charge in [0.2, 0.25) is 0 Å². The second kappa shape index (κ2) is 5.86. The van der Waals surface area contributed by atoms with Gasteiger partial charge in [0.25, 0.3) is 0 Å². The lowest BCUT2D eigenvalue weighted by atomic mass is 9.91. The molecule has 3 atom stereocenters. The molecule has 0 aromatic heterocycles. The molecule has 0 saturated heterocycles. The summed E-state index contributed by atoms with van der Waals surface area (Å²) < 4.78 is 19.1. The molecule has 2 nitrogen and oxygen atoms in total. The maximum Gasteiger partial charge on any atom is 0.124 e. The Balaban J connectivity index is 1.84. The van der Waals surface area contributed by atoms with Crippen molar-refractivity contribution in [2.45, 2.75) is 25.9 Å². The van der Waals surface area contributed by atoms with Crippen molar-refractivity contribution in [3.63, 3.8) is 0 Å². The predicted molar refractivity (Wildman–Crippen MR) is 81.8 cm³/mol. The van der Waals surface area contributed by atoms with Crippen molar-refractivity contribution in [3.8, 4) is 5.75 Å². The molecule has 110 valence electrons. The lowest BCUT2D eigenvalue weighted by molar-refractivity contribution is 0.182. The average Bonchev–Trinajstić information content (AvgIpc) is 2.50. The predicted octanol–water partition coefficient (Wildman–Crippen LogP) is 4.25. The Labute approximate surface area is 125 Å². The van der Waals surface area contributed by atoms with E-state index in [9.17, 15) is 4.39 Å². The van der Waals surface area contributed by atoms with Gasteiger partial charge in [-0.2, -0.15) is 0 Å². The second-order valence-corrected chi connectivity index (χ2v) is 5.75. The molecule has 3 unspecified atom stereocenters. The number of ether oxygens (including phenoxy) is 1. The monoisotopic (exact) mass is 285 g/mol. The SMILES string of the molecule is CC(NC1c2ccccc2OCC1C)c1cccc(F)c1. The first-order valence-corrected chi connectivity index (χ1v) is 7.38. The minimum absolute atomic E-state index is 0.0827. The zero-order valence-electron chi connectivity index (χ0n) is 12.3. The molecule has 0 saturated carbocycles. The van der Waals surface area contributed by atoms with E-state index in [0.29, 0.717) is 12.5 Å². The molecule has 1 N–H and O–H groups in total. The molecule has 0 fully saturated rings. The van der Waals surface area contributed by atoms with Crippen LogP contribution in [0.1, 0.15) is 37.1 Å². The molecule has 0 radical (unpaired) electrons. The first-order valence-electron chi connectivity index (χ1n) is 7.38. The van der Waals surface area contributed by atoms with Gasteiger partial charge >= 0.3 is 0 Å². The van der Waals surface area contributed by atoms with Crippen molar-refractivity contribution in [1.82, 2.24) is 5.32 Å². The molecule has 1 aliphatic rings. The molecule has 21 heavy (non-hydrogen) atoms. The van der Waals surface area contributed by atoms with E-state index in [4.69, 9.17) is 4.74 Å². The van der Waals surface area contributed by atoms with E-state index in [2.05, 4.69) is 25.2 Å². The van der Waals surface area contributed by atoms with Gasteiger partial charge in [0, 0.05) is 23.6 Å². The van der Waals surface area contributed by atoms with Crippen molar-refractivity contribution in [3.05, 3.63) is 65.5 Å². The molecule has 2 aromatic carbocycles. The minimum Gasteiger partial charge on any atom is -0.493 e. The molecule has 1 heterocycles. The number of hydrogen-bond donors (Lipinski definition) is 1. The van der Waals surface area contributed by atoms with Gasteiger partial charge in [-0.1, -0.05) is 37.3 Å². The van der Waals surface area contributed by atoms with Crippen LogP contribution in [0.2, 0.25) is 0 Å². The van der Waals surface area contributed by atoms with Crippen LogP contribution < -0.4 is 10.1 Å². The van der Waals surface area contributed by atoms with Gasteiger partial charge in [0.15, 0.2) is 0 Å². The molecular formula is C18H20FNO. The fourth-order valence-electron chi connectivity index (χ4n) is 2.89. The second-order valence-electron chi connectivity index (χ2n) is 5.75. The van der Waals surface area contributed by atoms with Gasteiger partial charge in [-0.15, -0.1) is 0 Å². The smallest absolute Gasteiger partial charge is 0.124 e. The summed E-state index contributed by atoms with van der Waals surface area (Å²) in [7, 11) is 0. The summed E-state index contributed by atoms with van der Waals surface area (Å²) in [5, 5.41) is 3.62. The van der Waals surface area contributed by atoms with Crippen molar-refractivity contribution in [2.75, 3.05) is 6.61 Å². The summed E-state index contributed by atoms with van der Waals surface area (Å²) >= 11 is 0. The van der Waals surface area contributed by atoms with Crippen LogP contribution in [-0.4, -0.2) is 6.61 Å². The van der Waals surface area contributed by atoms with E-state index in [0.717, 1.165) is 11.3 Å². The van der Waals surface area contributed by atoms with Crippen LogP contribution >= 0.6 is 0 Å². The van der Waals surface area contributed by atoms with Crippen LogP contribution in [0.25, 0.3) is 0 Å². The highest BCUT2D eigenvalue weighted by Gasteiger charge is 2.28. The fraction of sp³-hybridized carbons (Fsp3) is 0.333. The van der Waals surface area contributed by atoms with Crippen LogP contribution in [0.4, 0.5) is 4.39 Å². The van der Waals surface area contributed by atoms with Crippen LogP contribution in [-0.2, 0) is 0 Å². The maximum absolute atomic E-state index is 13.4. The average molecular weight is 285 g/mol. The van der Waals surface area contributed by atoms with Gasteiger partial charge in [0.05, 0.1) is 6.61 Å². The number of para-hydroxylation sites is 1. The molecule has 0 bridgehead atoms. The Morgan fingerprint density at radius 1 is 1.19 bits per heavy atom. The first kappa shape index (κ1) is 14.1. The van der Waals surface area contributed by atoms with E-state index in [-0.39, 0.29) is 17.9 Å². The van der Waals surface area contributed by atoms with Crippen LogP contribution in [0, 0.1) is 11.7 Å². The number of nitrogens with one attached hydrogen (secondary N) is 1. The quantitative estimate of drug-likeness (QED) is 0.910. The largest absolute Gasteiger partial charge is 0.493 e. The van der Waals surface area contributed by atoms with Crippen molar-refractivity contribution in [2.24, 2.45) is 5.92 Å². The van der Waals surface area contributed by atoms with E-state index in [1.165, 1.54) is 11.6 Å². The minimum atomic E-state index is -0.193. The summed E-state index contributed by atoms with van der Waals surface area (Å²) in [5.74, 6) is 1.12. The number of halogens is 1. The topological polar surface area (TPSA) is 21.3 Å².